The van der Waals surface area contributed by atoms with Crippen molar-refractivity contribution < 1.29 is 9.53 Å². The van der Waals surface area contributed by atoms with Crippen molar-refractivity contribution in [2.75, 3.05) is 7.11 Å². The van der Waals surface area contributed by atoms with Crippen LogP contribution in [0.1, 0.15) is 44.1 Å². The van der Waals surface area contributed by atoms with Gasteiger partial charge in [0.1, 0.15) is 0 Å². The van der Waals surface area contributed by atoms with E-state index in [1.165, 1.54) is 45.6 Å². The van der Waals surface area contributed by atoms with Crippen LogP contribution in [-0.2, 0) is 9.53 Å². The van der Waals surface area contributed by atoms with Gasteiger partial charge in [0.25, 0.3) is 0 Å². The minimum absolute atomic E-state index is 0.0506. The fourth-order valence-corrected chi connectivity index (χ4v) is 6.26. The molecular weight excluding hydrogens is 364 g/mol. The summed E-state index contributed by atoms with van der Waals surface area (Å²) in [6.07, 6.45) is 12.0. The summed E-state index contributed by atoms with van der Waals surface area (Å²) in [5.41, 5.74) is 1.28. The average Bonchev–Trinajstić information content (AvgIpc) is 2.55. The maximum absolute atomic E-state index is 12.6. The summed E-state index contributed by atoms with van der Waals surface area (Å²) < 4.78 is 6.29. The highest BCUT2D eigenvalue weighted by atomic mass is 79.9. The minimum atomic E-state index is -0.0976. The fourth-order valence-electron chi connectivity index (χ4n) is 6.00. The van der Waals surface area contributed by atoms with Gasteiger partial charge in [0.05, 0.1) is 13.0 Å². The van der Waals surface area contributed by atoms with Crippen molar-refractivity contribution in [2.45, 2.75) is 38.5 Å². The minimum Gasteiger partial charge on any atom is -0.469 e. The monoisotopic (exact) mass is 388 g/mol. The lowest BCUT2D eigenvalue weighted by atomic mass is 9.46. The second-order valence-corrected chi connectivity index (χ2v) is 9.11. The summed E-state index contributed by atoms with van der Waals surface area (Å²) >= 11 is 3.47. The number of halogens is 1. The van der Waals surface area contributed by atoms with Gasteiger partial charge in [-0.2, -0.15) is 0 Å². The zero-order chi connectivity index (χ0) is 16.7. The Morgan fingerprint density at radius 2 is 1.67 bits per heavy atom. The summed E-state index contributed by atoms with van der Waals surface area (Å²) in [6.45, 7) is 0. The first kappa shape index (κ1) is 16.4. The highest BCUT2D eigenvalue weighted by molar-refractivity contribution is 9.10. The molecule has 0 saturated heterocycles. The van der Waals surface area contributed by atoms with E-state index in [0.717, 1.165) is 27.8 Å². The number of benzene rings is 1. The summed E-state index contributed by atoms with van der Waals surface area (Å²) in [4.78, 5) is 12.6. The van der Waals surface area contributed by atoms with E-state index in [9.17, 15) is 4.79 Å². The second kappa shape index (κ2) is 6.33. The van der Waals surface area contributed by atoms with Gasteiger partial charge in [-0.25, -0.2) is 0 Å². The third-order valence-corrected chi connectivity index (χ3v) is 7.08. The number of ether oxygens (including phenoxy) is 1. The number of hydrogen-bond donors (Lipinski definition) is 0. The molecule has 0 heterocycles. The molecule has 24 heavy (non-hydrogen) atoms. The van der Waals surface area contributed by atoms with Crippen LogP contribution in [0.3, 0.4) is 0 Å². The maximum Gasteiger partial charge on any atom is 0.313 e. The van der Waals surface area contributed by atoms with Crippen molar-refractivity contribution in [3.05, 3.63) is 40.4 Å². The molecule has 4 bridgehead atoms. The molecule has 4 aliphatic rings. The molecule has 4 aliphatic carbocycles. The SMILES string of the molecule is COC(=O)[C@@H](/C=C/c1ccc(Br)cc1)C12CC3CC(CC(C3)C1)C2. The molecule has 4 fully saturated rings. The van der Waals surface area contributed by atoms with Crippen LogP contribution in [0.4, 0.5) is 0 Å². The van der Waals surface area contributed by atoms with Gasteiger partial charge in [-0.15, -0.1) is 0 Å². The van der Waals surface area contributed by atoms with E-state index >= 15 is 0 Å². The maximum atomic E-state index is 12.6. The quantitative estimate of drug-likeness (QED) is 0.639. The lowest BCUT2D eigenvalue weighted by Gasteiger charge is -2.58. The number of hydrogen-bond acceptors (Lipinski definition) is 2. The van der Waals surface area contributed by atoms with Gasteiger partial charge in [0, 0.05) is 4.47 Å². The lowest BCUT2D eigenvalue weighted by Crippen LogP contribution is -2.51. The Kier molecular flexibility index (Phi) is 4.32. The molecule has 0 aromatic heterocycles. The van der Waals surface area contributed by atoms with Crippen LogP contribution in [0.15, 0.2) is 34.8 Å². The van der Waals surface area contributed by atoms with Crippen molar-refractivity contribution in [3.8, 4) is 0 Å². The van der Waals surface area contributed by atoms with Crippen LogP contribution in [0.2, 0.25) is 0 Å². The highest BCUT2D eigenvalue weighted by Gasteiger charge is 2.55. The van der Waals surface area contributed by atoms with Crippen molar-refractivity contribution >= 4 is 28.0 Å². The number of methoxy groups -OCH3 is 1. The molecule has 0 radical (unpaired) electrons. The summed E-state index contributed by atoms with van der Waals surface area (Å²) in [5.74, 6) is 2.36. The fraction of sp³-hybridized carbons (Fsp3) is 0.571. The number of rotatable bonds is 4. The van der Waals surface area contributed by atoms with Gasteiger partial charge < -0.3 is 4.74 Å². The van der Waals surface area contributed by atoms with Crippen molar-refractivity contribution in [3.63, 3.8) is 0 Å². The Bertz CT molecular complexity index is 611. The predicted octanol–water partition coefficient (Wildman–Crippen LogP) is 5.47. The predicted molar refractivity (Wildman–Crippen MR) is 99.3 cm³/mol. The molecule has 3 heteroatoms. The zero-order valence-electron chi connectivity index (χ0n) is 14.2. The molecule has 0 unspecified atom stereocenters. The first-order valence-corrected chi connectivity index (χ1v) is 9.89. The Morgan fingerprint density at radius 1 is 1.12 bits per heavy atom. The molecule has 1 aromatic carbocycles. The van der Waals surface area contributed by atoms with E-state index in [1.807, 2.05) is 12.1 Å². The van der Waals surface area contributed by atoms with Gasteiger partial charge >= 0.3 is 5.97 Å². The molecule has 128 valence electrons. The van der Waals surface area contributed by atoms with Crippen LogP contribution in [0.5, 0.6) is 0 Å². The van der Waals surface area contributed by atoms with Crippen LogP contribution in [-0.4, -0.2) is 13.1 Å². The van der Waals surface area contributed by atoms with Crippen molar-refractivity contribution in [1.82, 2.24) is 0 Å². The van der Waals surface area contributed by atoms with Crippen molar-refractivity contribution in [1.29, 1.82) is 0 Å². The van der Waals surface area contributed by atoms with Gasteiger partial charge in [0.2, 0.25) is 0 Å². The average molecular weight is 389 g/mol. The number of carbonyl (C=O) groups is 1. The molecule has 1 atom stereocenters. The van der Waals surface area contributed by atoms with E-state index in [4.69, 9.17) is 4.74 Å². The Morgan fingerprint density at radius 3 is 2.17 bits per heavy atom. The van der Waals surface area contributed by atoms with Gasteiger partial charge in [-0.05, 0) is 79.4 Å². The molecule has 4 saturated carbocycles. The third-order valence-electron chi connectivity index (χ3n) is 6.55. The van der Waals surface area contributed by atoms with E-state index in [1.54, 1.807) is 0 Å². The van der Waals surface area contributed by atoms with Crippen LogP contribution >= 0.6 is 15.9 Å². The standard InChI is InChI=1S/C21H25BrO2/c1-24-20(23)19(7-4-14-2-5-18(22)6-3-14)21-11-15-8-16(12-21)10-17(9-15)13-21/h2-7,15-17,19H,8-13H2,1H3/b7-4+/t15?,16?,17?,19-,21?/m1/s1. The first-order chi connectivity index (χ1) is 11.6. The summed E-state index contributed by atoms with van der Waals surface area (Å²) in [5, 5.41) is 0. The largest absolute Gasteiger partial charge is 0.469 e. The number of esters is 1. The van der Waals surface area contributed by atoms with Crippen LogP contribution < -0.4 is 0 Å². The third kappa shape index (κ3) is 2.96. The van der Waals surface area contributed by atoms with Crippen molar-refractivity contribution in [2.24, 2.45) is 29.1 Å². The molecule has 0 N–H and O–H groups in total. The van der Waals surface area contributed by atoms with Gasteiger partial charge in [-0.3, -0.25) is 4.79 Å². The molecule has 2 nitrogen and oxygen atoms in total. The second-order valence-electron chi connectivity index (χ2n) is 8.19. The Balaban J connectivity index is 1.62. The van der Waals surface area contributed by atoms with E-state index in [0.29, 0.717) is 0 Å². The summed E-state index contributed by atoms with van der Waals surface area (Å²) in [6, 6.07) is 8.23. The smallest absolute Gasteiger partial charge is 0.313 e. The first-order valence-electron chi connectivity index (χ1n) is 9.09. The van der Waals surface area contributed by atoms with E-state index < -0.39 is 0 Å². The number of carbonyl (C=O) groups excluding carboxylic acids is 1. The van der Waals surface area contributed by atoms with Crippen LogP contribution in [0, 0.1) is 29.1 Å². The molecule has 0 amide bonds. The Labute approximate surface area is 152 Å². The normalized spacial score (nSPS) is 35.3. The lowest BCUT2D eigenvalue weighted by molar-refractivity contribution is -0.156. The molecule has 5 rings (SSSR count). The topological polar surface area (TPSA) is 26.3 Å². The molecular formula is C21H25BrO2. The molecule has 0 aliphatic heterocycles. The molecule has 0 spiro atoms. The van der Waals surface area contributed by atoms with E-state index in [2.05, 4.69) is 40.2 Å². The van der Waals surface area contributed by atoms with E-state index in [-0.39, 0.29) is 17.3 Å². The van der Waals surface area contributed by atoms with Crippen LogP contribution in [0.25, 0.3) is 6.08 Å². The zero-order valence-corrected chi connectivity index (χ0v) is 15.8. The summed E-state index contributed by atoms with van der Waals surface area (Å²) in [7, 11) is 1.53. The van der Waals surface area contributed by atoms with Gasteiger partial charge in [0.15, 0.2) is 0 Å². The Hall–Kier alpha value is -1.09. The highest BCUT2D eigenvalue weighted by Crippen LogP contribution is 2.63. The molecule has 1 aromatic rings. The van der Waals surface area contributed by atoms with Gasteiger partial charge in [-0.1, -0.05) is 40.2 Å².